The van der Waals surface area contributed by atoms with Crippen molar-refractivity contribution in [1.29, 1.82) is 0 Å². The molecule has 0 aromatic carbocycles. The second kappa shape index (κ2) is 60.8. The Hall–Kier alpha value is -4.71. The Morgan fingerprint density at radius 1 is 0.297 bits per heavy atom. The maximum atomic E-state index is 12.9. The van der Waals surface area contributed by atoms with Gasteiger partial charge in [-0.15, -0.1) is 0 Å². The zero-order chi connectivity index (χ0) is 53.6. The van der Waals surface area contributed by atoms with E-state index in [9.17, 15) is 14.4 Å². The predicted octanol–water partition coefficient (Wildman–Crippen LogP) is 20.4. The lowest BCUT2D eigenvalue weighted by atomic mass is 10.1. The molecule has 0 spiro atoms. The predicted molar refractivity (Wildman–Crippen MR) is 320 cm³/mol. The van der Waals surface area contributed by atoms with E-state index >= 15 is 0 Å². The average Bonchev–Trinajstić information content (AvgIpc) is 3.40. The van der Waals surface area contributed by atoms with Gasteiger partial charge in [0, 0.05) is 19.3 Å². The minimum absolute atomic E-state index is 0.102. The summed E-state index contributed by atoms with van der Waals surface area (Å²) in [6.07, 6.45) is 86.8. The van der Waals surface area contributed by atoms with E-state index in [1.54, 1.807) is 0 Å². The molecule has 1 atom stereocenters. The van der Waals surface area contributed by atoms with Crippen molar-refractivity contribution in [3.05, 3.63) is 146 Å². The summed E-state index contributed by atoms with van der Waals surface area (Å²) in [5, 5.41) is 0. The fraction of sp³-hybridized carbons (Fsp3) is 0.603. The van der Waals surface area contributed by atoms with Gasteiger partial charge in [-0.3, -0.25) is 14.4 Å². The summed E-state index contributed by atoms with van der Waals surface area (Å²) in [6.45, 7) is 6.29. The van der Waals surface area contributed by atoms with Crippen LogP contribution in [0, 0.1) is 0 Å². The Kier molecular flexibility index (Phi) is 57.0. The second-order valence-corrected chi connectivity index (χ2v) is 19.3. The van der Waals surface area contributed by atoms with Gasteiger partial charge in [-0.1, -0.05) is 263 Å². The summed E-state index contributed by atoms with van der Waals surface area (Å²) in [6, 6.07) is 0. The molecule has 0 aliphatic rings. The number of carbonyl (C=O) groups is 3. The molecule has 0 aliphatic heterocycles. The molecule has 6 nitrogen and oxygen atoms in total. The van der Waals surface area contributed by atoms with Crippen molar-refractivity contribution >= 4 is 17.9 Å². The van der Waals surface area contributed by atoms with Gasteiger partial charge < -0.3 is 14.2 Å². The molecule has 0 aromatic rings. The third-order valence-corrected chi connectivity index (χ3v) is 12.2. The van der Waals surface area contributed by atoms with Gasteiger partial charge >= 0.3 is 17.9 Å². The molecule has 0 aliphatic carbocycles. The highest BCUT2D eigenvalue weighted by Gasteiger charge is 2.19. The van der Waals surface area contributed by atoms with Gasteiger partial charge in [0.1, 0.15) is 13.2 Å². The molecule has 6 heteroatoms. The van der Waals surface area contributed by atoms with Gasteiger partial charge in [-0.25, -0.2) is 0 Å². The van der Waals surface area contributed by atoms with Crippen molar-refractivity contribution in [3.8, 4) is 0 Å². The number of ether oxygens (including phenoxy) is 3. The first kappa shape index (κ1) is 69.3. The smallest absolute Gasteiger partial charge is 0.306 e. The summed E-state index contributed by atoms with van der Waals surface area (Å²) in [4.78, 5) is 38.3. The molecule has 0 N–H and O–H groups in total. The number of esters is 3. The lowest BCUT2D eigenvalue weighted by Gasteiger charge is -2.18. The highest BCUT2D eigenvalue weighted by molar-refractivity contribution is 5.71. The van der Waals surface area contributed by atoms with E-state index in [-0.39, 0.29) is 31.1 Å². The highest BCUT2D eigenvalue weighted by Crippen LogP contribution is 2.15. The quantitative estimate of drug-likeness (QED) is 0.0199. The molecular formula is C68H108O6. The van der Waals surface area contributed by atoms with E-state index in [0.29, 0.717) is 19.3 Å². The van der Waals surface area contributed by atoms with Crippen LogP contribution < -0.4 is 0 Å². The second-order valence-electron chi connectivity index (χ2n) is 19.3. The maximum absolute atomic E-state index is 12.9. The van der Waals surface area contributed by atoms with Crippen LogP contribution >= 0.6 is 0 Å². The number of hydrogen-bond donors (Lipinski definition) is 0. The van der Waals surface area contributed by atoms with Gasteiger partial charge in [0.25, 0.3) is 0 Å². The van der Waals surface area contributed by atoms with E-state index in [1.807, 2.05) is 24.3 Å². The monoisotopic (exact) mass is 1020 g/mol. The third kappa shape index (κ3) is 58.2. The standard InChI is InChI=1S/C68H108O6/c1-4-7-10-13-16-19-22-25-28-31-34-37-40-43-46-49-52-55-58-61-67(70)73-64-65(63-72-66(69)60-57-54-51-48-45-42-39-36-33-30-27-24-21-18-15-12-9-6-3)74-68(71)62-59-56-53-50-47-44-41-38-35-32-29-26-23-20-17-14-11-8-5-2/h7-8,10-12,15-21,24-30,33-34,36-37,39,65H,4-6,9,13-14,22-23,31-32,35,38,40-64H2,1-3H3/b10-7-,11-8-,15-12-,19-16-,20-17-,21-18-,27-24-,28-25-,29-26-,33-30-,37-34-,39-36-. The zero-order valence-corrected chi connectivity index (χ0v) is 47.5. The molecule has 0 fully saturated rings. The SMILES string of the molecule is CC/C=C\C/C=C\C/C=C\C/C=C\CCCCCCCCC(=O)OCC(COC(=O)CCCCCCC\C=C/C=C\C=C/C=C\C=C/CCC)OC(=O)CCCCCCCCCCC/C=C\C/C=C\C/C=C\CC. The summed E-state index contributed by atoms with van der Waals surface area (Å²) >= 11 is 0. The normalized spacial score (nSPS) is 13.2. The molecule has 0 radical (unpaired) electrons. The van der Waals surface area contributed by atoms with E-state index < -0.39 is 6.10 Å². The van der Waals surface area contributed by atoms with Crippen molar-refractivity contribution in [2.45, 2.75) is 252 Å². The lowest BCUT2D eigenvalue weighted by molar-refractivity contribution is -0.167. The first-order chi connectivity index (χ1) is 36.5. The van der Waals surface area contributed by atoms with Crippen LogP contribution in [0.2, 0.25) is 0 Å². The highest BCUT2D eigenvalue weighted by atomic mass is 16.6. The Morgan fingerprint density at radius 2 is 0.581 bits per heavy atom. The van der Waals surface area contributed by atoms with Crippen LogP contribution in [0.15, 0.2) is 146 Å². The zero-order valence-electron chi connectivity index (χ0n) is 47.5. The summed E-state index contributed by atoms with van der Waals surface area (Å²) in [5.41, 5.74) is 0. The van der Waals surface area contributed by atoms with Crippen LogP contribution in [0.1, 0.15) is 245 Å². The molecule has 1 unspecified atom stereocenters. The fourth-order valence-corrected chi connectivity index (χ4v) is 7.77. The molecule has 0 aromatic heterocycles. The van der Waals surface area contributed by atoms with E-state index in [1.165, 1.54) is 57.8 Å². The Bertz CT molecular complexity index is 1640. The van der Waals surface area contributed by atoms with Crippen LogP contribution in [-0.2, 0) is 28.6 Å². The van der Waals surface area contributed by atoms with Crippen molar-refractivity contribution in [2.75, 3.05) is 13.2 Å². The molecule has 416 valence electrons. The Morgan fingerprint density at radius 3 is 0.946 bits per heavy atom. The van der Waals surface area contributed by atoms with Crippen LogP contribution in [0.25, 0.3) is 0 Å². The first-order valence-electron chi connectivity index (χ1n) is 29.9. The lowest BCUT2D eigenvalue weighted by Crippen LogP contribution is -2.30. The van der Waals surface area contributed by atoms with Gasteiger partial charge in [-0.05, 0) is 109 Å². The molecule has 0 bridgehead atoms. The van der Waals surface area contributed by atoms with Crippen molar-refractivity contribution in [3.63, 3.8) is 0 Å². The topological polar surface area (TPSA) is 78.9 Å². The molecule has 0 saturated heterocycles. The number of carbonyl (C=O) groups excluding carboxylic acids is 3. The minimum Gasteiger partial charge on any atom is -0.462 e. The molecule has 0 heterocycles. The van der Waals surface area contributed by atoms with Crippen molar-refractivity contribution in [2.24, 2.45) is 0 Å². The number of rotatable bonds is 52. The number of unbranched alkanes of at least 4 members (excludes halogenated alkanes) is 21. The summed E-state index contributed by atoms with van der Waals surface area (Å²) < 4.78 is 16.9. The molecule has 0 saturated carbocycles. The Balaban J connectivity index is 4.50. The van der Waals surface area contributed by atoms with Gasteiger partial charge in [0.2, 0.25) is 0 Å². The van der Waals surface area contributed by atoms with E-state index in [0.717, 1.165) is 148 Å². The molecule has 0 rings (SSSR count). The number of hydrogen-bond acceptors (Lipinski definition) is 6. The van der Waals surface area contributed by atoms with Gasteiger partial charge in [0.05, 0.1) is 0 Å². The molecular weight excluding hydrogens is 913 g/mol. The minimum atomic E-state index is -0.806. The number of allylic oxidation sites excluding steroid dienone is 24. The van der Waals surface area contributed by atoms with Crippen molar-refractivity contribution in [1.82, 2.24) is 0 Å². The van der Waals surface area contributed by atoms with Crippen LogP contribution in [0.3, 0.4) is 0 Å². The van der Waals surface area contributed by atoms with Crippen LogP contribution in [-0.4, -0.2) is 37.2 Å². The molecule has 74 heavy (non-hydrogen) atoms. The van der Waals surface area contributed by atoms with Crippen LogP contribution in [0.5, 0.6) is 0 Å². The van der Waals surface area contributed by atoms with Gasteiger partial charge in [-0.2, -0.15) is 0 Å². The fourth-order valence-electron chi connectivity index (χ4n) is 7.77. The molecule has 0 amide bonds. The van der Waals surface area contributed by atoms with Crippen molar-refractivity contribution < 1.29 is 28.6 Å². The van der Waals surface area contributed by atoms with Gasteiger partial charge in [0.15, 0.2) is 6.10 Å². The van der Waals surface area contributed by atoms with Crippen LogP contribution in [0.4, 0.5) is 0 Å². The summed E-state index contributed by atoms with van der Waals surface area (Å²) in [5.74, 6) is -0.948. The first-order valence-corrected chi connectivity index (χ1v) is 29.9. The third-order valence-electron chi connectivity index (χ3n) is 12.2. The summed E-state index contributed by atoms with van der Waals surface area (Å²) in [7, 11) is 0. The van der Waals surface area contributed by atoms with E-state index in [4.69, 9.17) is 14.2 Å². The van der Waals surface area contributed by atoms with E-state index in [2.05, 4.69) is 142 Å². The average molecular weight is 1020 g/mol. The maximum Gasteiger partial charge on any atom is 0.306 e. The largest absolute Gasteiger partial charge is 0.462 e. The Labute approximate surface area is 455 Å².